The number of amides is 6. The van der Waals surface area contributed by atoms with Gasteiger partial charge in [-0.15, -0.1) is 0 Å². The first kappa shape index (κ1) is 63.8. The number of rotatable bonds is 9. The maximum absolute atomic E-state index is 14.6. The smallest absolute Gasteiger partial charge is 0.330 e. The molecule has 2 aromatic carbocycles. The van der Waals surface area contributed by atoms with Gasteiger partial charge < -0.3 is 58.2 Å². The van der Waals surface area contributed by atoms with Crippen LogP contribution >= 0.6 is 0 Å². The second kappa shape index (κ2) is 28.9. The molecular formula is C59H84N6O15. The number of hydrogen-bond acceptors (Lipinski definition) is 15. The maximum atomic E-state index is 14.6. The number of nitrogens with zero attached hydrogens (tertiary/aromatic N) is 5. The summed E-state index contributed by atoms with van der Waals surface area (Å²) in [6, 6.07) is 7.89. The van der Waals surface area contributed by atoms with Crippen LogP contribution in [0.1, 0.15) is 117 Å². The highest BCUT2D eigenvalue weighted by Crippen LogP contribution is 2.33. The van der Waals surface area contributed by atoms with Crippen molar-refractivity contribution in [2.24, 2.45) is 11.3 Å². The van der Waals surface area contributed by atoms with Crippen molar-refractivity contribution in [3.8, 4) is 17.2 Å². The Bertz CT molecular complexity index is 2580. The SMILES string of the molecule is COc1ccc(CC[C@H]2OC(=O)[C@@H]3CCCCN3C(=O)C(=O)C(C)(C)COC(=O)/C=C\CCN(C)C(=O)[C@@H]3CCCN3C(=O)[C@H](COC(C)(C)C)N(C)C(=O)[C@@H](CC(C)C)NC(=O)CN(C)C(=O)COc3cccc2c3)cc1OC. The minimum Gasteiger partial charge on any atom is -0.493 e. The molecule has 0 radical (unpaired) electrons. The fraction of sp³-hybridized carbons (Fsp3) is 0.610. The van der Waals surface area contributed by atoms with E-state index in [0.717, 1.165) is 10.5 Å². The van der Waals surface area contributed by atoms with E-state index >= 15 is 0 Å². The highest BCUT2D eigenvalue weighted by Gasteiger charge is 2.44. The third-order valence-electron chi connectivity index (χ3n) is 14.4. The van der Waals surface area contributed by atoms with E-state index in [-0.39, 0.29) is 69.5 Å². The number of hydrogen-bond donors (Lipinski definition) is 1. The van der Waals surface area contributed by atoms with Gasteiger partial charge in [-0.3, -0.25) is 33.6 Å². The molecule has 3 aliphatic heterocycles. The highest BCUT2D eigenvalue weighted by atomic mass is 16.5. The lowest BCUT2D eigenvalue weighted by atomic mass is 9.87. The number of cyclic esters (lactones) is 2. The van der Waals surface area contributed by atoms with Crippen LogP contribution in [-0.2, 0) is 63.8 Å². The van der Waals surface area contributed by atoms with Gasteiger partial charge in [-0.1, -0.05) is 38.1 Å². The van der Waals surface area contributed by atoms with E-state index in [4.69, 9.17) is 28.4 Å². The van der Waals surface area contributed by atoms with Crippen molar-refractivity contribution in [3.63, 3.8) is 0 Å². The van der Waals surface area contributed by atoms with Gasteiger partial charge in [0.05, 0.1) is 38.4 Å². The molecule has 0 aliphatic carbocycles. The summed E-state index contributed by atoms with van der Waals surface area (Å²) in [5.74, 6) is -4.66. The minimum absolute atomic E-state index is 0.0818. The Balaban J connectivity index is 1.46. The monoisotopic (exact) mass is 1120 g/mol. The Kier molecular flexibility index (Phi) is 23.1. The maximum Gasteiger partial charge on any atom is 0.330 e. The lowest BCUT2D eigenvalue weighted by Gasteiger charge is -2.37. The largest absolute Gasteiger partial charge is 0.493 e. The first-order valence-electron chi connectivity index (χ1n) is 27.6. The second-order valence-electron chi connectivity index (χ2n) is 22.9. The van der Waals surface area contributed by atoms with E-state index < -0.39 is 108 Å². The van der Waals surface area contributed by atoms with Gasteiger partial charge in [0.1, 0.15) is 42.6 Å². The lowest BCUT2D eigenvalue weighted by Crippen LogP contribution is -2.59. The molecule has 0 saturated carbocycles. The molecule has 5 rings (SSSR count). The van der Waals surface area contributed by atoms with Gasteiger partial charge in [0.2, 0.25) is 29.4 Å². The van der Waals surface area contributed by atoms with Gasteiger partial charge in [-0.2, -0.15) is 0 Å². The topological polar surface area (TPSA) is 237 Å². The zero-order chi connectivity index (χ0) is 59.1. The third kappa shape index (κ3) is 17.7. The van der Waals surface area contributed by atoms with Gasteiger partial charge in [-0.25, -0.2) is 9.59 Å². The van der Waals surface area contributed by atoms with Crippen molar-refractivity contribution >= 4 is 53.2 Å². The van der Waals surface area contributed by atoms with Crippen LogP contribution < -0.4 is 19.5 Å². The Morgan fingerprint density at radius 1 is 0.775 bits per heavy atom. The summed E-state index contributed by atoms with van der Waals surface area (Å²) < 4.78 is 34.8. The molecule has 80 heavy (non-hydrogen) atoms. The molecule has 3 aliphatic rings. The van der Waals surface area contributed by atoms with E-state index in [1.54, 1.807) is 37.4 Å². The van der Waals surface area contributed by atoms with Crippen LogP contribution in [0.2, 0.25) is 0 Å². The number of ether oxygens (including phenoxy) is 6. The van der Waals surface area contributed by atoms with Gasteiger partial charge in [-0.05, 0) is 134 Å². The number of esters is 2. The number of aryl methyl sites for hydroxylation is 1. The number of likely N-dealkylation sites (N-methyl/N-ethyl adjacent to an activating group) is 3. The van der Waals surface area contributed by atoms with Crippen LogP contribution in [0.15, 0.2) is 54.6 Å². The van der Waals surface area contributed by atoms with Gasteiger partial charge in [0, 0.05) is 46.9 Å². The van der Waals surface area contributed by atoms with Crippen molar-refractivity contribution in [3.05, 3.63) is 65.7 Å². The van der Waals surface area contributed by atoms with E-state index in [1.165, 1.54) is 73.9 Å². The number of carbonyl (C=O) groups is 9. The second-order valence-corrected chi connectivity index (χ2v) is 22.9. The molecule has 0 unspecified atom stereocenters. The van der Waals surface area contributed by atoms with Gasteiger partial charge in [0.25, 0.3) is 11.8 Å². The predicted molar refractivity (Wildman–Crippen MR) is 295 cm³/mol. The van der Waals surface area contributed by atoms with Crippen LogP contribution in [0.25, 0.3) is 0 Å². The third-order valence-corrected chi connectivity index (χ3v) is 14.4. The fourth-order valence-electron chi connectivity index (χ4n) is 9.72. The molecule has 2 bridgehead atoms. The summed E-state index contributed by atoms with van der Waals surface area (Å²) >= 11 is 0. The van der Waals surface area contributed by atoms with Crippen molar-refractivity contribution in [2.45, 2.75) is 142 Å². The molecule has 5 atom stereocenters. The summed E-state index contributed by atoms with van der Waals surface area (Å²) in [6.45, 7) is 11.1. The van der Waals surface area contributed by atoms with Crippen LogP contribution in [0.4, 0.5) is 0 Å². The Morgan fingerprint density at radius 2 is 1.48 bits per heavy atom. The van der Waals surface area contributed by atoms with Gasteiger partial charge >= 0.3 is 11.9 Å². The van der Waals surface area contributed by atoms with Crippen molar-refractivity contribution in [1.29, 1.82) is 0 Å². The normalized spacial score (nSPS) is 23.8. The molecule has 1 N–H and O–H groups in total. The van der Waals surface area contributed by atoms with Crippen LogP contribution in [-0.4, -0.2) is 189 Å². The molecule has 21 nitrogen and oxygen atoms in total. The van der Waals surface area contributed by atoms with Crippen molar-refractivity contribution < 1.29 is 71.6 Å². The minimum atomic E-state index is -1.48. The van der Waals surface area contributed by atoms with E-state index in [2.05, 4.69) is 5.32 Å². The number of methoxy groups -OCH3 is 2. The summed E-state index contributed by atoms with van der Waals surface area (Å²) in [5.41, 5.74) is -0.842. The van der Waals surface area contributed by atoms with Gasteiger partial charge in [0.15, 0.2) is 18.1 Å². The average molecular weight is 1120 g/mol. The van der Waals surface area contributed by atoms with Crippen LogP contribution in [0, 0.1) is 11.3 Å². The molecule has 0 spiro atoms. The quantitative estimate of drug-likeness (QED) is 0.261. The van der Waals surface area contributed by atoms with Crippen LogP contribution in [0.3, 0.4) is 0 Å². The molecule has 0 aromatic heterocycles. The summed E-state index contributed by atoms with van der Waals surface area (Å²) in [5, 5.41) is 2.80. The zero-order valence-corrected chi connectivity index (χ0v) is 48.8. The summed E-state index contributed by atoms with van der Waals surface area (Å²) in [4.78, 5) is 133. The molecule has 440 valence electrons. The number of nitrogens with one attached hydrogen (secondary N) is 1. The first-order valence-corrected chi connectivity index (χ1v) is 27.6. The summed E-state index contributed by atoms with van der Waals surface area (Å²) in [6.07, 6.45) is 5.11. The Labute approximate surface area is 470 Å². The summed E-state index contributed by atoms with van der Waals surface area (Å²) in [7, 11) is 7.54. The number of benzene rings is 2. The molecule has 6 amide bonds. The predicted octanol–water partition coefficient (Wildman–Crippen LogP) is 4.86. The van der Waals surface area contributed by atoms with Crippen LogP contribution in [0.5, 0.6) is 17.2 Å². The molecular weight excluding hydrogens is 1030 g/mol. The molecule has 21 heteroatoms. The molecule has 2 aromatic rings. The van der Waals surface area contributed by atoms with E-state index in [1.807, 2.05) is 46.8 Å². The lowest BCUT2D eigenvalue weighted by molar-refractivity contribution is -0.165. The fourth-order valence-corrected chi connectivity index (χ4v) is 9.72. The van der Waals surface area contributed by atoms with Crippen molar-refractivity contribution in [1.82, 2.24) is 29.8 Å². The first-order chi connectivity index (χ1) is 37.7. The average Bonchev–Trinajstić information content (AvgIpc) is 3.92. The standard InChI is InChI=1S/C59H84N6O15/c1-38(2)31-42-53(70)63(10)45(35-79-58(3,4)5)55(72)64-30-18-22-43(64)54(71)61(8)28-15-14-23-51(68)78-37-59(6,7)52(69)56(73)65-29-16-13-21-44(65)57(74)80-46(26-24-39-25-27-47(75-11)48(32-39)76-12)40-19-17-20-41(33-40)77-36-50(67)62(9)34-49(66)60-42/h14,17,19-20,23,25,27,32-33,38,42-46H,13,15-16,18,21-22,24,26,28-31,34-37H2,1-12H3,(H,60,66)/b23-14-/t42-,43+,44+,45+,46-/m1/s1. The number of ketones is 1. The molecule has 2 fully saturated rings. The molecule has 2 saturated heterocycles. The zero-order valence-electron chi connectivity index (χ0n) is 48.8. The number of fused-ring (bicyclic) bond motifs is 4. The number of Topliss-reactive ketones (excluding diaryl/α,β-unsaturated/α-hetero) is 1. The Hall–Kier alpha value is -7.03. The number of piperidine rings is 1. The van der Waals surface area contributed by atoms with Crippen molar-refractivity contribution in [2.75, 3.05) is 81.4 Å². The molecule has 3 heterocycles. The van der Waals surface area contributed by atoms with E-state index in [0.29, 0.717) is 49.2 Å². The Morgan fingerprint density at radius 3 is 2.16 bits per heavy atom. The highest BCUT2D eigenvalue weighted by molar-refractivity contribution is 6.38. The number of carbonyl (C=O) groups excluding carboxylic acids is 9. The van der Waals surface area contributed by atoms with E-state index in [9.17, 15) is 43.2 Å².